The molecule has 1 aliphatic rings. The standard InChI is InChI=1S/C61H45N3/c1-4-17-49-50-24-13-15-26-54(50)61(2,3)55(49)40-62(44-31-28-42(29-32-44)41-18-7-5-8-19-41)46-33-35-52-59(39-46)64(58-36-30-43-20-11-12-23-48(43)60(52)58)47-34-37-57-53(38-47)51-25-14-16-27-56(51)63(57)45-21-9-6-10-22-45/h4-40H,1H2,2-3H3/b49-17-,55-40+. The monoisotopic (exact) mass is 819 g/mol. The van der Waals surface area contributed by atoms with E-state index in [1.54, 1.807) is 0 Å². The topological polar surface area (TPSA) is 13.1 Å². The third kappa shape index (κ3) is 5.82. The molecule has 12 rings (SSSR count). The molecule has 0 fully saturated rings. The highest BCUT2D eigenvalue weighted by Crippen LogP contribution is 2.51. The number of rotatable bonds is 7. The molecule has 1 aliphatic carbocycles. The van der Waals surface area contributed by atoms with Crippen LogP contribution in [0.1, 0.15) is 25.0 Å². The van der Waals surface area contributed by atoms with Gasteiger partial charge in [-0.05, 0) is 111 Å². The number of aromatic nitrogens is 2. The second kappa shape index (κ2) is 14.8. The van der Waals surface area contributed by atoms with Crippen molar-refractivity contribution in [3.05, 3.63) is 248 Å². The van der Waals surface area contributed by atoms with Crippen LogP contribution >= 0.6 is 0 Å². The first kappa shape index (κ1) is 37.6. The molecular formula is C61H45N3. The molecule has 304 valence electrons. The molecule has 0 atom stereocenters. The van der Waals surface area contributed by atoms with Crippen LogP contribution in [0.4, 0.5) is 11.4 Å². The molecule has 0 saturated heterocycles. The number of hydrogen-bond donors (Lipinski definition) is 0. The largest absolute Gasteiger partial charge is 0.317 e. The maximum atomic E-state index is 4.16. The summed E-state index contributed by atoms with van der Waals surface area (Å²) in [6.07, 6.45) is 6.47. The third-order valence-corrected chi connectivity index (χ3v) is 13.5. The van der Waals surface area contributed by atoms with E-state index in [1.807, 2.05) is 6.08 Å². The van der Waals surface area contributed by atoms with Crippen molar-refractivity contribution < 1.29 is 0 Å². The molecule has 64 heavy (non-hydrogen) atoms. The number of nitrogens with zero attached hydrogens (tertiary/aromatic N) is 3. The van der Waals surface area contributed by atoms with Crippen LogP contribution in [0.3, 0.4) is 0 Å². The molecular weight excluding hydrogens is 775 g/mol. The van der Waals surface area contributed by atoms with Gasteiger partial charge in [-0.3, -0.25) is 0 Å². The minimum Gasteiger partial charge on any atom is -0.317 e. The van der Waals surface area contributed by atoms with Crippen molar-refractivity contribution in [2.45, 2.75) is 19.3 Å². The quantitative estimate of drug-likeness (QED) is 0.156. The summed E-state index contributed by atoms with van der Waals surface area (Å²) in [5.74, 6) is 0. The van der Waals surface area contributed by atoms with E-state index in [2.05, 4.69) is 253 Å². The Morgan fingerprint density at radius 2 is 1.11 bits per heavy atom. The van der Waals surface area contributed by atoms with E-state index in [-0.39, 0.29) is 5.41 Å². The van der Waals surface area contributed by atoms with E-state index in [9.17, 15) is 0 Å². The van der Waals surface area contributed by atoms with Crippen LogP contribution in [-0.4, -0.2) is 9.13 Å². The Bertz CT molecular complexity index is 3690. The van der Waals surface area contributed by atoms with Crippen molar-refractivity contribution in [3.8, 4) is 22.5 Å². The molecule has 3 heteroatoms. The average Bonchev–Trinajstić information content (AvgIpc) is 3.93. The van der Waals surface area contributed by atoms with Crippen molar-refractivity contribution in [2.24, 2.45) is 0 Å². The first-order valence-corrected chi connectivity index (χ1v) is 22.1. The highest BCUT2D eigenvalue weighted by atomic mass is 15.1. The lowest BCUT2D eigenvalue weighted by Gasteiger charge is -2.28. The van der Waals surface area contributed by atoms with Crippen LogP contribution in [0.2, 0.25) is 0 Å². The SMILES string of the molecule is C=C/C=C1\C(=C/N(c2ccc(-c3ccccc3)cc2)c2ccc3c4c5ccccc5ccc4n(-c4ccc5c(c4)c4ccccc4n5-c4ccccc4)c3c2)C(C)(C)c2ccccc21. The summed E-state index contributed by atoms with van der Waals surface area (Å²) < 4.78 is 4.87. The van der Waals surface area contributed by atoms with Gasteiger partial charge in [-0.1, -0.05) is 172 Å². The maximum absolute atomic E-state index is 4.16. The zero-order valence-electron chi connectivity index (χ0n) is 35.9. The predicted octanol–water partition coefficient (Wildman–Crippen LogP) is 16.3. The zero-order chi connectivity index (χ0) is 42.9. The molecule has 2 heterocycles. The van der Waals surface area contributed by atoms with E-state index >= 15 is 0 Å². The van der Waals surface area contributed by atoms with Crippen LogP contribution in [0, 0.1) is 0 Å². The number of para-hydroxylation sites is 2. The molecule has 0 bridgehead atoms. The van der Waals surface area contributed by atoms with Crippen LogP contribution in [0.25, 0.3) is 82.5 Å². The van der Waals surface area contributed by atoms with Crippen LogP contribution in [-0.2, 0) is 5.41 Å². The van der Waals surface area contributed by atoms with Gasteiger partial charge in [-0.15, -0.1) is 0 Å². The van der Waals surface area contributed by atoms with Crippen molar-refractivity contribution >= 4 is 71.3 Å². The van der Waals surface area contributed by atoms with Gasteiger partial charge in [0.25, 0.3) is 0 Å². The fraction of sp³-hybridized carbons (Fsp3) is 0.0492. The molecule has 9 aromatic carbocycles. The third-order valence-electron chi connectivity index (χ3n) is 13.5. The van der Waals surface area contributed by atoms with Crippen molar-refractivity contribution in [2.75, 3.05) is 4.90 Å². The molecule has 3 nitrogen and oxygen atoms in total. The van der Waals surface area contributed by atoms with Gasteiger partial charge in [0.05, 0.1) is 22.1 Å². The van der Waals surface area contributed by atoms with E-state index in [0.29, 0.717) is 0 Å². The van der Waals surface area contributed by atoms with Gasteiger partial charge < -0.3 is 14.0 Å². The molecule has 0 unspecified atom stereocenters. The van der Waals surface area contributed by atoms with Gasteiger partial charge in [0.1, 0.15) is 0 Å². The molecule has 0 spiro atoms. The summed E-state index contributed by atoms with van der Waals surface area (Å²) in [6.45, 7) is 8.84. The minimum absolute atomic E-state index is 0.250. The Hall–Kier alpha value is -8.14. The summed E-state index contributed by atoms with van der Waals surface area (Å²) in [5.41, 5.74) is 16.3. The van der Waals surface area contributed by atoms with Gasteiger partial charge in [0.2, 0.25) is 0 Å². The van der Waals surface area contributed by atoms with E-state index in [0.717, 1.165) is 28.3 Å². The Morgan fingerprint density at radius 3 is 1.92 bits per heavy atom. The van der Waals surface area contributed by atoms with Crippen molar-refractivity contribution in [1.29, 1.82) is 0 Å². The second-order valence-electron chi connectivity index (χ2n) is 17.4. The molecule has 0 saturated carbocycles. The Balaban J connectivity index is 1.12. The smallest absolute Gasteiger partial charge is 0.0562 e. The van der Waals surface area contributed by atoms with Gasteiger partial charge in [0.15, 0.2) is 0 Å². The van der Waals surface area contributed by atoms with Gasteiger partial charge in [-0.2, -0.15) is 0 Å². The molecule has 0 N–H and O–H groups in total. The number of allylic oxidation sites excluding steroid dienone is 4. The number of fused-ring (bicyclic) bond motifs is 9. The molecule has 0 amide bonds. The minimum atomic E-state index is -0.250. The van der Waals surface area contributed by atoms with Gasteiger partial charge in [0, 0.05) is 55.9 Å². The Labute approximate surface area is 373 Å². The maximum Gasteiger partial charge on any atom is 0.0562 e. The summed E-state index contributed by atoms with van der Waals surface area (Å²) in [4.78, 5) is 2.39. The highest BCUT2D eigenvalue weighted by molar-refractivity contribution is 6.22. The highest BCUT2D eigenvalue weighted by Gasteiger charge is 2.38. The number of hydrogen-bond acceptors (Lipinski definition) is 1. The number of benzene rings is 9. The molecule has 2 aromatic heterocycles. The molecule has 0 radical (unpaired) electrons. The number of anilines is 2. The lowest BCUT2D eigenvalue weighted by atomic mass is 9.82. The Kier molecular flexibility index (Phi) is 8.67. The van der Waals surface area contributed by atoms with E-state index < -0.39 is 0 Å². The van der Waals surface area contributed by atoms with Crippen LogP contribution < -0.4 is 4.90 Å². The lowest BCUT2D eigenvalue weighted by molar-refractivity contribution is 0.658. The average molecular weight is 820 g/mol. The summed E-state index contributed by atoms with van der Waals surface area (Å²) in [6, 6.07) is 75.3. The van der Waals surface area contributed by atoms with Crippen LogP contribution in [0.5, 0.6) is 0 Å². The zero-order valence-corrected chi connectivity index (χ0v) is 35.9. The summed E-state index contributed by atoms with van der Waals surface area (Å²) >= 11 is 0. The van der Waals surface area contributed by atoms with Crippen molar-refractivity contribution in [3.63, 3.8) is 0 Å². The fourth-order valence-electron chi connectivity index (χ4n) is 10.4. The normalized spacial score (nSPS) is 14.7. The lowest BCUT2D eigenvalue weighted by Crippen LogP contribution is -2.19. The summed E-state index contributed by atoms with van der Waals surface area (Å²) in [5, 5.41) is 7.41. The predicted molar refractivity (Wildman–Crippen MR) is 272 cm³/mol. The summed E-state index contributed by atoms with van der Waals surface area (Å²) in [7, 11) is 0. The molecule has 11 aromatic rings. The first-order chi connectivity index (χ1) is 31.5. The van der Waals surface area contributed by atoms with Gasteiger partial charge >= 0.3 is 0 Å². The van der Waals surface area contributed by atoms with Crippen molar-refractivity contribution in [1.82, 2.24) is 9.13 Å². The second-order valence-corrected chi connectivity index (χ2v) is 17.4. The van der Waals surface area contributed by atoms with E-state index in [4.69, 9.17) is 0 Å². The van der Waals surface area contributed by atoms with Crippen LogP contribution in [0.15, 0.2) is 237 Å². The van der Waals surface area contributed by atoms with Gasteiger partial charge in [-0.25, -0.2) is 0 Å². The Morgan fingerprint density at radius 1 is 0.469 bits per heavy atom. The van der Waals surface area contributed by atoms with E-state index in [1.165, 1.54) is 82.3 Å². The molecule has 0 aliphatic heterocycles. The fourth-order valence-corrected chi connectivity index (χ4v) is 10.4. The first-order valence-electron chi connectivity index (χ1n) is 22.1.